The van der Waals surface area contributed by atoms with Crippen LogP contribution in [0.4, 0.5) is 0 Å². The van der Waals surface area contributed by atoms with E-state index in [1.165, 1.54) is 7.11 Å². The first-order valence-electron chi connectivity index (χ1n) is 6.56. The average Bonchev–Trinajstić information content (AvgIpc) is 2.84. The highest BCUT2D eigenvalue weighted by Gasteiger charge is 2.34. The Hall–Kier alpha value is -1.14. The van der Waals surface area contributed by atoms with E-state index in [4.69, 9.17) is 9.47 Å². The van der Waals surface area contributed by atoms with Crippen LogP contribution in [0.5, 0.6) is 0 Å². The predicted octanol–water partition coefficient (Wildman–Crippen LogP) is 0.450. The van der Waals surface area contributed by atoms with Gasteiger partial charge in [0.2, 0.25) is 0 Å². The van der Waals surface area contributed by atoms with Crippen LogP contribution in [0, 0.1) is 5.92 Å². The molecule has 110 valence electrons. The number of nitrogens with zero attached hydrogens (tertiary/aromatic N) is 1. The first-order valence-corrected chi connectivity index (χ1v) is 6.56. The molecular weight excluding hydrogens is 250 g/mol. The van der Waals surface area contributed by atoms with Gasteiger partial charge in [-0.3, -0.25) is 9.59 Å². The molecular formula is C13H23NO5. The molecule has 0 saturated carbocycles. The van der Waals surface area contributed by atoms with E-state index in [0.29, 0.717) is 26.3 Å². The summed E-state index contributed by atoms with van der Waals surface area (Å²) >= 11 is 0. The van der Waals surface area contributed by atoms with E-state index < -0.39 is 6.10 Å². The van der Waals surface area contributed by atoms with Crippen LogP contribution >= 0.6 is 0 Å². The van der Waals surface area contributed by atoms with Crippen molar-refractivity contribution in [1.29, 1.82) is 0 Å². The van der Waals surface area contributed by atoms with E-state index in [9.17, 15) is 9.59 Å². The number of rotatable bonds is 7. The Labute approximate surface area is 114 Å². The zero-order chi connectivity index (χ0) is 14.3. The second-order valence-corrected chi connectivity index (χ2v) is 4.70. The molecule has 0 aliphatic carbocycles. The van der Waals surface area contributed by atoms with Crippen molar-refractivity contribution >= 4 is 11.9 Å². The van der Waals surface area contributed by atoms with Crippen molar-refractivity contribution < 1.29 is 23.8 Å². The molecule has 0 spiro atoms. The van der Waals surface area contributed by atoms with Gasteiger partial charge >= 0.3 is 5.97 Å². The average molecular weight is 273 g/mol. The fourth-order valence-electron chi connectivity index (χ4n) is 2.05. The minimum Gasteiger partial charge on any atom is -0.469 e. The molecule has 2 unspecified atom stereocenters. The molecule has 1 heterocycles. The summed E-state index contributed by atoms with van der Waals surface area (Å²) in [7, 11) is 2.92. The van der Waals surface area contributed by atoms with E-state index in [1.807, 2.05) is 6.92 Å². The van der Waals surface area contributed by atoms with Crippen molar-refractivity contribution in [2.45, 2.75) is 25.9 Å². The molecule has 0 radical (unpaired) electrons. The van der Waals surface area contributed by atoms with E-state index in [-0.39, 0.29) is 24.2 Å². The summed E-state index contributed by atoms with van der Waals surface area (Å²) in [5.74, 6) is -0.169. The number of hydrogen-bond donors (Lipinski definition) is 0. The summed E-state index contributed by atoms with van der Waals surface area (Å²) in [5.41, 5.74) is 0. The second kappa shape index (κ2) is 8.12. The summed E-state index contributed by atoms with van der Waals surface area (Å²) in [4.78, 5) is 25.1. The van der Waals surface area contributed by atoms with E-state index in [0.717, 1.165) is 6.42 Å². The number of carbonyl (C=O) groups excluding carboxylic acids is 2. The highest BCUT2D eigenvalue weighted by Crippen LogP contribution is 2.22. The van der Waals surface area contributed by atoms with Crippen LogP contribution in [-0.4, -0.2) is 63.4 Å². The topological polar surface area (TPSA) is 65.1 Å². The standard InChI is InChI=1S/C13H23NO5/c1-10-5-8-19-12(10)13(16)14(7-9-17-2)6-4-11(15)18-3/h10,12H,4-9H2,1-3H3. The van der Waals surface area contributed by atoms with E-state index in [1.54, 1.807) is 12.0 Å². The van der Waals surface area contributed by atoms with Gasteiger partial charge in [-0.25, -0.2) is 0 Å². The van der Waals surface area contributed by atoms with Gasteiger partial charge in [-0.05, 0) is 12.3 Å². The molecule has 1 fully saturated rings. The van der Waals surface area contributed by atoms with Gasteiger partial charge in [0.25, 0.3) is 5.91 Å². The Morgan fingerprint density at radius 3 is 2.58 bits per heavy atom. The molecule has 0 aromatic rings. The molecule has 6 nitrogen and oxygen atoms in total. The van der Waals surface area contributed by atoms with Gasteiger partial charge in [0.1, 0.15) is 6.10 Å². The second-order valence-electron chi connectivity index (χ2n) is 4.70. The zero-order valence-corrected chi connectivity index (χ0v) is 11.9. The lowest BCUT2D eigenvalue weighted by molar-refractivity contribution is -0.145. The molecule has 6 heteroatoms. The first-order chi connectivity index (χ1) is 9.10. The van der Waals surface area contributed by atoms with Gasteiger partial charge in [0.15, 0.2) is 0 Å². The summed E-state index contributed by atoms with van der Waals surface area (Å²) in [6.07, 6.45) is 0.688. The number of amides is 1. The molecule has 1 rings (SSSR count). The monoisotopic (exact) mass is 273 g/mol. The van der Waals surface area contributed by atoms with Crippen molar-refractivity contribution in [2.75, 3.05) is 40.5 Å². The highest BCUT2D eigenvalue weighted by molar-refractivity contribution is 5.82. The maximum atomic E-state index is 12.4. The first kappa shape index (κ1) is 15.9. The Bertz CT molecular complexity index is 307. The van der Waals surface area contributed by atoms with Gasteiger partial charge < -0.3 is 19.1 Å². The van der Waals surface area contributed by atoms with Crippen LogP contribution < -0.4 is 0 Å². The van der Waals surface area contributed by atoms with Crippen molar-refractivity contribution in [3.63, 3.8) is 0 Å². The van der Waals surface area contributed by atoms with E-state index in [2.05, 4.69) is 4.74 Å². The summed E-state index contributed by atoms with van der Waals surface area (Å²) in [6, 6.07) is 0. The van der Waals surface area contributed by atoms with Crippen molar-refractivity contribution in [2.24, 2.45) is 5.92 Å². The molecule has 0 bridgehead atoms. The number of ether oxygens (including phenoxy) is 3. The molecule has 1 saturated heterocycles. The third kappa shape index (κ3) is 4.80. The molecule has 0 aromatic carbocycles. The quantitative estimate of drug-likeness (QED) is 0.630. The van der Waals surface area contributed by atoms with Gasteiger partial charge in [0, 0.05) is 26.8 Å². The number of esters is 1. The van der Waals surface area contributed by atoms with Crippen LogP contribution in [0.2, 0.25) is 0 Å². The number of hydrogen-bond acceptors (Lipinski definition) is 5. The Balaban J connectivity index is 2.56. The fraction of sp³-hybridized carbons (Fsp3) is 0.846. The van der Waals surface area contributed by atoms with E-state index >= 15 is 0 Å². The van der Waals surface area contributed by atoms with Crippen molar-refractivity contribution in [3.8, 4) is 0 Å². The normalized spacial score (nSPS) is 22.3. The lowest BCUT2D eigenvalue weighted by atomic mass is 10.0. The van der Waals surface area contributed by atoms with Crippen LogP contribution in [0.25, 0.3) is 0 Å². The Morgan fingerprint density at radius 1 is 1.32 bits per heavy atom. The minimum atomic E-state index is -0.394. The summed E-state index contributed by atoms with van der Waals surface area (Å²) < 4.78 is 15.1. The fourth-order valence-corrected chi connectivity index (χ4v) is 2.05. The summed E-state index contributed by atoms with van der Waals surface area (Å²) in [5, 5.41) is 0. The Morgan fingerprint density at radius 2 is 2.05 bits per heavy atom. The molecule has 19 heavy (non-hydrogen) atoms. The number of carbonyl (C=O) groups is 2. The molecule has 2 atom stereocenters. The maximum absolute atomic E-state index is 12.4. The zero-order valence-electron chi connectivity index (χ0n) is 11.9. The SMILES string of the molecule is COCCN(CCC(=O)OC)C(=O)C1OCCC1C. The van der Waals surface area contributed by atoms with Crippen molar-refractivity contribution in [1.82, 2.24) is 4.90 Å². The van der Waals surface area contributed by atoms with Gasteiger partial charge in [-0.15, -0.1) is 0 Å². The van der Waals surface area contributed by atoms with Crippen LogP contribution in [0.3, 0.4) is 0 Å². The van der Waals surface area contributed by atoms with Gasteiger partial charge in [-0.2, -0.15) is 0 Å². The number of methoxy groups -OCH3 is 2. The molecule has 1 amide bonds. The highest BCUT2D eigenvalue weighted by atomic mass is 16.5. The maximum Gasteiger partial charge on any atom is 0.307 e. The van der Waals surface area contributed by atoms with Gasteiger partial charge in [-0.1, -0.05) is 6.92 Å². The molecule has 0 aromatic heterocycles. The molecule has 1 aliphatic rings. The largest absolute Gasteiger partial charge is 0.469 e. The van der Waals surface area contributed by atoms with Gasteiger partial charge in [0.05, 0.1) is 20.1 Å². The van der Waals surface area contributed by atoms with Crippen LogP contribution in [0.15, 0.2) is 0 Å². The molecule has 1 aliphatic heterocycles. The van der Waals surface area contributed by atoms with Crippen LogP contribution in [0.1, 0.15) is 19.8 Å². The minimum absolute atomic E-state index is 0.0639. The lowest BCUT2D eigenvalue weighted by Gasteiger charge is -2.26. The molecule has 0 N–H and O–H groups in total. The third-order valence-corrected chi connectivity index (χ3v) is 3.32. The Kier molecular flexibility index (Phi) is 6.80. The van der Waals surface area contributed by atoms with Crippen molar-refractivity contribution in [3.05, 3.63) is 0 Å². The lowest BCUT2D eigenvalue weighted by Crippen LogP contribution is -2.43. The summed E-state index contributed by atoms with van der Waals surface area (Å²) in [6.45, 7) is 3.85. The third-order valence-electron chi connectivity index (χ3n) is 3.32. The smallest absolute Gasteiger partial charge is 0.307 e. The van der Waals surface area contributed by atoms with Crippen LogP contribution in [-0.2, 0) is 23.8 Å². The predicted molar refractivity (Wildman–Crippen MR) is 68.6 cm³/mol.